The van der Waals surface area contributed by atoms with Crippen LogP contribution in [0.5, 0.6) is 0 Å². The Labute approximate surface area is 115 Å². The van der Waals surface area contributed by atoms with E-state index in [1.54, 1.807) is 0 Å². The van der Waals surface area contributed by atoms with E-state index in [-0.39, 0.29) is 34.9 Å². The van der Waals surface area contributed by atoms with Crippen LogP contribution < -0.4 is 15.8 Å². The van der Waals surface area contributed by atoms with Gasteiger partial charge in [0.25, 0.3) is 0 Å². The Kier molecular flexibility index (Phi) is 4.73. The van der Waals surface area contributed by atoms with Crippen LogP contribution in [0.4, 0.5) is 4.79 Å². The van der Waals surface area contributed by atoms with Crippen molar-refractivity contribution in [1.82, 2.24) is 15.0 Å². The van der Waals surface area contributed by atoms with Crippen LogP contribution in [-0.4, -0.2) is 43.6 Å². The first kappa shape index (κ1) is 16.0. The maximum absolute atomic E-state index is 12.1. The topological polar surface area (TPSA) is 154 Å². The molecule has 0 radical (unpaired) electrons. The van der Waals surface area contributed by atoms with Crippen molar-refractivity contribution in [3.63, 3.8) is 0 Å². The Bertz CT molecular complexity index is 634. The van der Waals surface area contributed by atoms with Crippen LogP contribution in [0.25, 0.3) is 0 Å². The summed E-state index contributed by atoms with van der Waals surface area (Å²) in [6.45, 7) is 2.85. The van der Waals surface area contributed by atoms with Crippen molar-refractivity contribution in [1.29, 1.82) is 0 Å². The van der Waals surface area contributed by atoms with E-state index in [1.807, 2.05) is 0 Å². The van der Waals surface area contributed by atoms with Gasteiger partial charge in [0.05, 0.1) is 0 Å². The third kappa shape index (κ3) is 3.48. The van der Waals surface area contributed by atoms with Crippen molar-refractivity contribution >= 4 is 22.0 Å². The van der Waals surface area contributed by atoms with Crippen molar-refractivity contribution in [2.45, 2.75) is 18.7 Å². The summed E-state index contributed by atoms with van der Waals surface area (Å²) in [5.74, 6) is -1.23. The molecular formula is C10H16N4O5S. The van der Waals surface area contributed by atoms with Gasteiger partial charge in [0, 0.05) is 24.3 Å². The molecule has 0 fully saturated rings. The second-order valence-corrected chi connectivity index (χ2v) is 5.78. The highest BCUT2D eigenvalue weighted by atomic mass is 32.2. The predicted octanol–water partition coefficient (Wildman–Crippen LogP) is -0.724. The molecule has 0 bridgehead atoms. The van der Waals surface area contributed by atoms with E-state index in [9.17, 15) is 18.0 Å². The van der Waals surface area contributed by atoms with Crippen LogP contribution in [0, 0.1) is 13.8 Å². The Hall–Kier alpha value is -2.07. The largest absolute Gasteiger partial charge is 0.477 e. The Morgan fingerprint density at radius 1 is 1.30 bits per heavy atom. The van der Waals surface area contributed by atoms with E-state index in [0.717, 1.165) is 0 Å². The summed E-state index contributed by atoms with van der Waals surface area (Å²) in [6.07, 6.45) is 0. The minimum absolute atomic E-state index is 0.0306. The van der Waals surface area contributed by atoms with Crippen molar-refractivity contribution in [2.75, 3.05) is 13.1 Å². The van der Waals surface area contributed by atoms with Crippen LogP contribution in [-0.2, 0) is 10.0 Å². The third-order valence-corrected chi connectivity index (χ3v) is 4.30. The maximum atomic E-state index is 12.1. The molecule has 0 saturated heterocycles. The van der Waals surface area contributed by atoms with Crippen molar-refractivity contribution in [2.24, 2.45) is 5.73 Å². The summed E-state index contributed by atoms with van der Waals surface area (Å²) < 4.78 is 26.4. The van der Waals surface area contributed by atoms with Gasteiger partial charge >= 0.3 is 12.0 Å². The van der Waals surface area contributed by atoms with E-state index in [2.05, 4.69) is 15.0 Å². The molecule has 0 saturated carbocycles. The molecule has 0 unspecified atom stereocenters. The molecule has 0 aliphatic carbocycles. The molecule has 0 atom stereocenters. The summed E-state index contributed by atoms with van der Waals surface area (Å²) in [5, 5.41) is 11.2. The molecule has 1 aromatic heterocycles. The van der Waals surface area contributed by atoms with Gasteiger partial charge in [-0.25, -0.2) is 22.7 Å². The molecule has 2 amide bonds. The number of carbonyl (C=O) groups is 2. The zero-order valence-corrected chi connectivity index (χ0v) is 11.8. The smallest absolute Gasteiger partial charge is 0.352 e. The van der Waals surface area contributed by atoms with Gasteiger partial charge < -0.3 is 21.1 Å². The number of urea groups is 1. The van der Waals surface area contributed by atoms with Gasteiger partial charge in [0.1, 0.15) is 10.6 Å². The van der Waals surface area contributed by atoms with Crippen molar-refractivity contribution < 1.29 is 23.1 Å². The predicted molar refractivity (Wildman–Crippen MR) is 70.0 cm³/mol. The number of aromatic nitrogens is 1. The number of hydrogen-bond donors (Lipinski definition) is 5. The molecule has 1 rings (SSSR count). The van der Waals surface area contributed by atoms with E-state index < -0.39 is 22.0 Å². The number of nitrogens with one attached hydrogen (secondary N) is 3. The van der Waals surface area contributed by atoms with E-state index >= 15 is 0 Å². The van der Waals surface area contributed by atoms with Crippen molar-refractivity contribution in [3.05, 3.63) is 17.0 Å². The number of rotatable bonds is 6. The number of aromatic carboxylic acids is 1. The molecular weight excluding hydrogens is 288 g/mol. The first-order valence-corrected chi connectivity index (χ1v) is 7.10. The highest BCUT2D eigenvalue weighted by molar-refractivity contribution is 7.89. The number of amides is 2. The number of primary amides is 1. The summed E-state index contributed by atoms with van der Waals surface area (Å²) >= 11 is 0. The third-order valence-electron chi connectivity index (χ3n) is 2.57. The molecule has 1 aromatic rings. The fraction of sp³-hybridized carbons (Fsp3) is 0.400. The van der Waals surface area contributed by atoms with E-state index in [0.29, 0.717) is 0 Å². The number of H-pyrrole nitrogens is 1. The van der Waals surface area contributed by atoms with Crippen LogP contribution in [0.2, 0.25) is 0 Å². The quantitative estimate of drug-likeness (QED) is 0.438. The number of nitrogens with two attached hydrogens (primary N) is 1. The lowest BCUT2D eigenvalue weighted by Crippen LogP contribution is -2.37. The minimum atomic E-state index is -3.87. The molecule has 9 nitrogen and oxygen atoms in total. The second kappa shape index (κ2) is 5.92. The fourth-order valence-electron chi connectivity index (χ4n) is 1.79. The number of carboxylic acid groups (broad SMARTS) is 1. The van der Waals surface area contributed by atoms with E-state index in [1.165, 1.54) is 13.8 Å². The first-order valence-electron chi connectivity index (χ1n) is 5.62. The van der Waals surface area contributed by atoms with Crippen LogP contribution in [0.15, 0.2) is 4.90 Å². The average Bonchev–Trinajstić information content (AvgIpc) is 2.61. The van der Waals surface area contributed by atoms with Crippen molar-refractivity contribution in [3.8, 4) is 0 Å². The summed E-state index contributed by atoms with van der Waals surface area (Å²) in [4.78, 5) is 23.8. The van der Waals surface area contributed by atoms with E-state index in [4.69, 9.17) is 10.8 Å². The molecule has 20 heavy (non-hydrogen) atoms. The van der Waals surface area contributed by atoms with Gasteiger partial charge in [-0.15, -0.1) is 0 Å². The molecule has 6 N–H and O–H groups in total. The highest BCUT2D eigenvalue weighted by Crippen LogP contribution is 2.22. The first-order chi connectivity index (χ1) is 9.16. The van der Waals surface area contributed by atoms with Crippen LogP contribution in [0.1, 0.15) is 21.7 Å². The molecule has 112 valence electrons. The lowest BCUT2D eigenvalue weighted by atomic mass is 10.2. The second-order valence-electron chi connectivity index (χ2n) is 4.07. The van der Waals surface area contributed by atoms with Crippen LogP contribution >= 0.6 is 0 Å². The summed E-state index contributed by atoms with van der Waals surface area (Å²) in [7, 11) is -3.87. The van der Waals surface area contributed by atoms with Gasteiger partial charge in [-0.1, -0.05) is 0 Å². The van der Waals surface area contributed by atoms with Gasteiger partial charge in [-0.05, 0) is 13.8 Å². The fourth-order valence-corrected chi connectivity index (χ4v) is 3.27. The summed E-state index contributed by atoms with van der Waals surface area (Å²) in [6, 6.07) is -0.758. The zero-order valence-electron chi connectivity index (χ0n) is 11.0. The van der Waals surface area contributed by atoms with Gasteiger partial charge in [-0.3, -0.25) is 0 Å². The lowest BCUT2D eigenvalue weighted by molar-refractivity contribution is 0.0690. The Morgan fingerprint density at radius 3 is 2.35 bits per heavy atom. The molecule has 0 spiro atoms. The molecule has 10 heteroatoms. The number of carbonyl (C=O) groups excluding carboxylic acids is 1. The van der Waals surface area contributed by atoms with Gasteiger partial charge in [0.2, 0.25) is 10.0 Å². The Balaban J connectivity index is 2.93. The lowest BCUT2D eigenvalue weighted by Gasteiger charge is -2.07. The minimum Gasteiger partial charge on any atom is -0.477 e. The number of carboxylic acids is 1. The average molecular weight is 304 g/mol. The SMILES string of the molecule is Cc1[nH]c(C(=O)O)c(C)c1S(=O)(=O)NCCNC(N)=O. The van der Waals surface area contributed by atoms with Crippen LogP contribution in [0.3, 0.4) is 0 Å². The molecule has 0 aliphatic rings. The summed E-state index contributed by atoms with van der Waals surface area (Å²) in [5.41, 5.74) is 5.03. The number of hydrogen-bond acceptors (Lipinski definition) is 4. The normalized spacial score (nSPS) is 11.3. The molecule has 0 aromatic carbocycles. The van der Waals surface area contributed by atoms with Gasteiger partial charge in [0.15, 0.2) is 0 Å². The monoisotopic (exact) mass is 304 g/mol. The standard InChI is InChI=1S/C10H16N4O5S/c1-5-7(9(15)16)14-6(2)8(5)20(18,19)13-4-3-12-10(11)17/h13-14H,3-4H2,1-2H3,(H,15,16)(H3,11,12,17). The maximum Gasteiger partial charge on any atom is 0.352 e. The molecule has 0 aliphatic heterocycles. The zero-order chi connectivity index (χ0) is 15.5. The number of aromatic amines is 1. The molecule has 1 heterocycles. The highest BCUT2D eigenvalue weighted by Gasteiger charge is 2.25. The van der Waals surface area contributed by atoms with Gasteiger partial charge in [-0.2, -0.15) is 0 Å². The number of aryl methyl sites for hydroxylation is 1. The Morgan fingerprint density at radius 2 is 1.90 bits per heavy atom. The number of sulfonamides is 1.